The summed E-state index contributed by atoms with van der Waals surface area (Å²) >= 11 is 0. The second kappa shape index (κ2) is 6.43. The number of aliphatic imine (C=N–C) groups is 1. The summed E-state index contributed by atoms with van der Waals surface area (Å²) in [6.07, 6.45) is 1.72. The Labute approximate surface area is 140 Å². The lowest BCUT2D eigenvalue weighted by Gasteiger charge is -2.08. The highest BCUT2D eigenvalue weighted by Gasteiger charge is 2.07. The van der Waals surface area contributed by atoms with Crippen molar-refractivity contribution < 1.29 is 13.2 Å². The van der Waals surface area contributed by atoms with Crippen LogP contribution in [0.5, 0.6) is 5.75 Å². The molecule has 122 valence electrons. The maximum atomic E-state index is 11.3. The number of nitrogens with zero attached hydrogens (tertiary/aromatic N) is 1. The third-order valence-corrected chi connectivity index (χ3v) is 4.59. The molecule has 0 saturated carbocycles. The van der Waals surface area contributed by atoms with Crippen molar-refractivity contribution in [3.8, 4) is 5.75 Å². The second-order valence-electron chi connectivity index (χ2n) is 5.20. The van der Waals surface area contributed by atoms with E-state index in [1.54, 1.807) is 25.5 Å². The topological polar surface area (TPSA) is 81.8 Å². The molecule has 0 aromatic heterocycles. The zero-order chi connectivity index (χ0) is 17.2. The first-order chi connectivity index (χ1) is 11.5. The summed E-state index contributed by atoms with van der Waals surface area (Å²) in [6.45, 7) is 0. The van der Waals surface area contributed by atoms with E-state index in [-0.39, 0.29) is 4.90 Å². The molecule has 6 heteroatoms. The number of hydrogen-bond donors (Lipinski definition) is 1. The quantitative estimate of drug-likeness (QED) is 0.740. The van der Waals surface area contributed by atoms with Crippen LogP contribution in [0.2, 0.25) is 0 Å². The molecule has 0 heterocycles. The molecule has 0 unspecified atom stereocenters. The van der Waals surface area contributed by atoms with Crippen LogP contribution in [0, 0.1) is 0 Å². The molecule has 2 N–H and O–H groups in total. The molecule has 3 rings (SSSR count). The van der Waals surface area contributed by atoms with E-state index in [1.807, 2.05) is 36.4 Å². The van der Waals surface area contributed by atoms with Crippen molar-refractivity contribution in [3.05, 3.63) is 66.2 Å². The molecule has 0 aliphatic carbocycles. The van der Waals surface area contributed by atoms with Gasteiger partial charge in [0.15, 0.2) is 0 Å². The lowest BCUT2D eigenvalue weighted by Crippen LogP contribution is -2.11. The minimum atomic E-state index is -3.70. The number of ether oxygens (including phenoxy) is 1. The van der Waals surface area contributed by atoms with Gasteiger partial charge in [0.25, 0.3) is 0 Å². The van der Waals surface area contributed by atoms with Crippen LogP contribution in [0.3, 0.4) is 0 Å². The first-order valence-electron chi connectivity index (χ1n) is 7.22. The number of hydrogen-bond acceptors (Lipinski definition) is 4. The zero-order valence-electron chi connectivity index (χ0n) is 13.0. The van der Waals surface area contributed by atoms with E-state index < -0.39 is 10.0 Å². The molecule has 0 saturated heterocycles. The first-order valence-corrected chi connectivity index (χ1v) is 8.76. The number of primary sulfonamides is 1. The van der Waals surface area contributed by atoms with Crippen molar-refractivity contribution in [1.29, 1.82) is 0 Å². The summed E-state index contributed by atoms with van der Waals surface area (Å²) in [6, 6.07) is 17.9. The Morgan fingerprint density at radius 2 is 1.71 bits per heavy atom. The smallest absolute Gasteiger partial charge is 0.238 e. The van der Waals surface area contributed by atoms with Crippen LogP contribution in [0.15, 0.2) is 70.6 Å². The fourth-order valence-corrected chi connectivity index (χ4v) is 2.96. The summed E-state index contributed by atoms with van der Waals surface area (Å²) in [5.74, 6) is 0.721. The van der Waals surface area contributed by atoms with Gasteiger partial charge in [-0.25, -0.2) is 13.6 Å². The molecule has 0 spiro atoms. The van der Waals surface area contributed by atoms with E-state index in [0.717, 1.165) is 22.1 Å². The fourth-order valence-electron chi connectivity index (χ4n) is 2.45. The minimum Gasteiger partial charge on any atom is -0.496 e. The fraction of sp³-hybridized carbons (Fsp3) is 0.0556. The number of fused-ring (bicyclic) bond motifs is 1. The molecule has 0 aliphatic rings. The van der Waals surface area contributed by atoms with Gasteiger partial charge in [0.05, 0.1) is 17.7 Å². The van der Waals surface area contributed by atoms with Gasteiger partial charge in [-0.15, -0.1) is 0 Å². The van der Waals surface area contributed by atoms with Crippen LogP contribution < -0.4 is 9.88 Å². The van der Waals surface area contributed by atoms with Gasteiger partial charge in [0, 0.05) is 11.8 Å². The van der Waals surface area contributed by atoms with Gasteiger partial charge in [-0.1, -0.05) is 30.3 Å². The molecule has 0 bridgehead atoms. The van der Waals surface area contributed by atoms with Gasteiger partial charge in [0.1, 0.15) is 5.75 Å². The third-order valence-electron chi connectivity index (χ3n) is 3.66. The van der Waals surface area contributed by atoms with E-state index in [2.05, 4.69) is 4.99 Å². The molecule has 0 atom stereocenters. The molecule has 0 amide bonds. The zero-order valence-corrected chi connectivity index (χ0v) is 13.8. The Morgan fingerprint density at radius 1 is 1.00 bits per heavy atom. The van der Waals surface area contributed by atoms with Crippen LogP contribution in [-0.2, 0) is 10.0 Å². The molecule has 5 nitrogen and oxygen atoms in total. The second-order valence-corrected chi connectivity index (χ2v) is 6.76. The van der Waals surface area contributed by atoms with Crippen molar-refractivity contribution in [3.63, 3.8) is 0 Å². The molecular formula is C18H16N2O3S. The normalized spacial score (nSPS) is 11.9. The van der Waals surface area contributed by atoms with Crippen molar-refractivity contribution >= 4 is 32.7 Å². The summed E-state index contributed by atoms with van der Waals surface area (Å²) in [7, 11) is -2.08. The predicted octanol–water partition coefficient (Wildman–Crippen LogP) is 3.25. The van der Waals surface area contributed by atoms with Crippen molar-refractivity contribution in [2.75, 3.05) is 7.11 Å². The van der Waals surface area contributed by atoms with E-state index >= 15 is 0 Å². The number of nitrogens with two attached hydrogens (primary N) is 1. The number of sulfonamides is 1. The molecule has 0 radical (unpaired) electrons. The highest BCUT2D eigenvalue weighted by molar-refractivity contribution is 7.89. The van der Waals surface area contributed by atoms with Crippen LogP contribution in [0.1, 0.15) is 5.56 Å². The van der Waals surface area contributed by atoms with Crippen molar-refractivity contribution in [2.24, 2.45) is 10.1 Å². The lowest BCUT2D eigenvalue weighted by atomic mass is 10.0. The number of rotatable bonds is 4. The van der Waals surface area contributed by atoms with E-state index in [4.69, 9.17) is 9.88 Å². The van der Waals surface area contributed by atoms with Gasteiger partial charge < -0.3 is 4.74 Å². The standard InChI is InChI=1S/C18H16N2O3S/c1-23-18-11-6-13-4-2-3-5-16(13)17(18)12-20-14-7-9-15(10-8-14)24(19,21)22/h2-12H,1H3,(H2,19,21,22)/b20-12+. The van der Waals surface area contributed by atoms with Crippen LogP contribution >= 0.6 is 0 Å². The Hall–Kier alpha value is -2.70. The summed E-state index contributed by atoms with van der Waals surface area (Å²) < 4.78 is 28.0. The van der Waals surface area contributed by atoms with Crippen LogP contribution in [-0.4, -0.2) is 21.7 Å². The first kappa shape index (κ1) is 16.2. The van der Waals surface area contributed by atoms with Crippen molar-refractivity contribution in [1.82, 2.24) is 0 Å². The monoisotopic (exact) mass is 340 g/mol. The van der Waals surface area contributed by atoms with Crippen LogP contribution in [0.4, 0.5) is 5.69 Å². The Morgan fingerprint density at radius 3 is 2.38 bits per heavy atom. The maximum Gasteiger partial charge on any atom is 0.238 e. The average molecular weight is 340 g/mol. The van der Waals surface area contributed by atoms with Gasteiger partial charge in [0.2, 0.25) is 10.0 Å². The molecule has 24 heavy (non-hydrogen) atoms. The third kappa shape index (κ3) is 3.29. The number of methoxy groups -OCH3 is 1. The summed E-state index contributed by atoms with van der Waals surface area (Å²) in [5, 5.41) is 7.21. The SMILES string of the molecule is COc1ccc2ccccc2c1/C=N/c1ccc(S(N)(=O)=O)cc1. The molecule has 3 aromatic rings. The number of benzene rings is 3. The average Bonchev–Trinajstić information content (AvgIpc) is 2.59. The molecule has 3 aromatic carbocycles. The van der Waals surface area contributed by atoms with Gasteiger partial charge in [-0.05, 0) is 41.1 Å². The molecule has 0 aliphatic heterocycles. The highest BCUT2D eigenvalue weighted by atomic mass is 32.2. The maximum absolute atomic E-state index is 11.3. The van der Waals surface area contributed by atoms with Gasteiger partial charge in [-0.3, -0.25) is 4.99 Å². The van der Waals surface area contributed by atoms with E-state index in [9.17, 15) is 8.42 Å². The molecule has 0 fully saturated rings. The Balaban J connectivity index is 2.01. The van der Waals surface area contributed by atoms with E-state index in [0.29, 0.717) is 5.69 Å². The largest absolute Gasteiger partial charge is 0.496 e. The van der Waals surface area contributed by atoms with Crippen molar-refractivity contribution in [2.45, 2.75) is 4.90 Å². The summed E-state index contributed by atoms with van der Waals surface area (Å²) in [5.41, 5.74) is 1.49. The summed E-state index contributed by atoms with van der Waals surface area (Å²) in [4.78, 5) is 4.48. The minimum absolute atomic E-state index is 0.0594. The molecular weight excluding hydrogens is 324 g/mol. The van der Waals surface area contributed by atoms with Crippen LogP contribution in [0.25, 0.3) is 10.8 Å². The van der Waals surface area contributed by atoms with Gasteiger partial charge in [-0.2, -0.15) is 0 Å². The Bertz CT molecular complexity index is 1010. The van der Waals surface area contributed by atoms with Gasteiger partial charge >= 0.3 is 0 Å². The van der Waals surface area contributed by atoms with E-state index in [1.165, 1.54) is 12.1 Å². The lowest BCUT2D eigenvalue weighted by molar-refractivity contribution is 0.415. The highest BCUT2D eigenvalue weighted by Crippen LogP contribution is 2.27. The Kier molecular flexibility index (Phi) is 4.33. The predicted molar refractivity (Wildman–Crippen MR) is 95.6 cm³/mol.